The first-order valence-corrected chi connectivity index (χ1v) is 6.74. The highest BCUT2D eigenvalue weighted by atomic mass is 35.5. The molecule has 1 saturated heterocycles. The zero-order chi connectivity index (χ0) is 13.3. The Morgan fingerprint density at radius 2 is 2.28 bits per heavy atom. The number of benzene rings is 1. The van der Waals surface area contributed by atoms with Crippen LogP contribution < -0.4 is 0 Å². The molecule has 4 heteroatoms. The Kier molecular flexibility index (Phi) is 3.81. The largest absolute Gasteiger partial charge is 0.508 e. The number of alkyl halides is 1. The number of likely N-dealkylation sites (tertiary alicyclic amines) is 1. The summed E-state index contributed by atoms with van der Waals surface area (Å²) >= 11 is 5.94. The van der Waals surface area contributed by atoms with Crippen LogP contribution in [0.4, 0.5) is 0 Å². The average Bonchev–Trinajstić information content (AvgIpc) is 2.73. The summed E-state index contributed by atoms with van der Waals surface area (Å²) in [6, 6.07) is 5.15. The predicted molar refractivity (Wildman–Crippen MR) is 72.2 cm³/mol. The fourth-order valence-electron chi connectivity index (χ4n) is 2.40. The van der Waals surface area contributed by atoms with Gasteiger partial charge in [0.15, 0.2) is 0 Å². The summed E-state index contributed by atoms with van der Waals surface area (Å²) in [6.07, 6.45) is 0.987. The van der Waals surface area contributed by atoms with Crippen LogP contribution in [0.15, 0.2) is 18.2 Å². The second-order valence-electron chi connectivity index (χ2n) is 4.99. The molecule has 2 atom stereocenters. The molecule has 0 spiro atoms. The lowest BCUT2D eigenvalue weighted by atomic mass is 10.0. The van der Waals surface area contributed by atoms with E-state index in [9.17, 15) is 9.90 Å². The third kappa shape index (κ3) is 2.32. The lowest BCUT2D eigenvalue weighted by Gasteiger charge is -2.25. The number of phenolic OH excluding ortho intramolecular Hbond substituents is 1. The van der Waals surface area contributed by atoms with Gasteiger partial charge in [0.25, 0.3) is 5.91 Å². The summed E-state index contributed by atoms with van der Waals surface area (Å²) in [7, 11) is 0. The molecule has 3 nitrogen and oxygen atoms in total. The van der Waals surface area contributed by atoms with Crippen molar-refractivity contribution in [1.82, 2.24) is 4.90 Å². The average molecular weight is 268 g/mol. The number of hydrogen-bond acceptors (Lipinski definition) is 2. The molecule has 0 saturated carbocycles. The van der Waals surface area contributed by atoms with E-state index in [-0.39, 0.29) is 17.7 Å². The van der Waals surface area contributed by atoms with Crippen LogP contribution in [0, 0.1) is 12.8 Å². The summed E-state index contributed by atoms with van der Waals surface area (Å²) < 4.78 is 0. The maximum absolute atomic E-state index is 12.4. The maximum atomic E-state index is 12.4. The maximum Gasteiger partial charge on any atom is 0.254 e. The fourth-order valence-corrected chi connectivity index (χ4v) is 2.87. The van der Waals surface area contributed by atoms with Gasteiger partial charge in [-0.2, -0.15) is 0 Å². The van der Waals surface area contributed by atoms with Gasteiger partial charge in [0.05, 0.1) is 0 Å². The number of carbonyl (C=O) groups is 1. The Morgan fingerprint density at radius 3 is 2.89 bits per heavy atom. The Hall–Kier alpha value is -1.22. The van der Waals surface area contributed by atoms with Gasteiger partial charge in [0, 0.05) is 24.0 Å². The molecule has 1 heterocycles. The quantitative estimate of drug-likeness (QED) is 0.837. The molecule has 2 unspecified atom stereocenters. The molecule has 1 aromatic carbocycles. The van der Waals surface area contributed by atoms with Crippen LogP contribution in [0.1, 0.15) is 29.3 Å². The van der Waals surface area contributed by atoms with Gasteiger partial charge in [-0.15, -0.1) is 11.6 Å². The van der Waals surface area contributed by atoms with Crippen LogP contribution >= 0.6 is 11.6 Å². The zero-order valence-electron chi connectivity index (χ0n) is 10.7. The molecule has 98 valence electrons. The number of amides is 1. The van der Waals surface area contributed by atoms with Crippen LogP contribution in [0.2, 0.25) is 0 Å². The minimum absolute atomic E-state index is 0.0414. The number of hydrogen-bond donors (Lipinski definition) is 1. The predicted octanol–water partition coefficient (Wildman–Crippen LogP) is 2.79. The van der Waals surface area contributed by atoms with Gasteiger partial charge in [-0.25, -0.2) is 0 Å². The summed E-state index contributed by atoms with van der Waals surface area (Å²) in [5, 5.41) is 9.67. The number of carbonyl (C=O) groups excluding carboxylic acids is 1. The van der Waals surface area contributed by atoms with Crippen LogP contribution in [-0.2, 0) is 0 Å². The van der Waals surface area contributed by atoms with E-state index in [4.69, 9.17) is 11.6 Å². The Labute approximate surface area is 112 Å². The van der Waals surface area contributed by atoms with Gasteiger partial charge in [-0.3, -0.25) is 4.79 Å². The molecule has 1 aliphatic rings. The molecule has 0 radical (unpaired) electrons. The van der Waals surface area contributed by atoms with Crippen molar-refractivity contribution in [3.63, 3.8) is 0 Å². The minimum Gasteiger partial charge on any atom is -0.508 e. The molecule has 1 aromatic rings. The molecular weight excluding hydrogens is 250 g/mol. The first-order chi connectivity index (χ1) is 8.54. The second kappa shape index (κ2) is 5.19. The van der Waals surface area contributed by atoms with Crippen molar-refractivity contribution in [3.8, 4) is 5.75 Å². The fraction of sp³-hybridized carbons (Fsp3) is 0.500. The molecule has 1 amide bonds. The van der Waals surface area contributed by atoms with Gasteiger partial charge in [0.1, 0.15) is 5.75 Å². The summed E-state index contributed by atoms with van der Waals surface area (Å²) in [5.41, 5.74) is 1.30. The molecule has 18 heavy (non-hydrogen) atoms. The second-order valence-corrected chi connectivity index (χ2v) is 5.30. The van der Waals surface area contributed by atoms with Gasteiger partial charge in [-0.05, 0) is 37.0 Å². The SMILES string of the molecule is Cc1ccc(C(=O)N2CCC(C)C2CCl)cc1O. The highest BCUT2D eigenvalue weighted by Crippen LogP contribution is 2.27. The van der Waals surface area contributed by atoms with Crippen LogP contribution in [0.3, 0.4) is 0 Å². The molecular formula is C14H18ClNO2. The van der Waals surface area contributed by atoms with Gasteiger partial charge >= 0.3 is 0 Å². The standard InChI is InChI=1S/C14H18ClNO2/c1-9-5-6-16(12(9)8-15)14(18)11-4-3-10(2)13(17)7-11/h3-4,7,9,12,17H,5-6,8H2,1-2H3. The highest BCUT2D eigenvalue weighted by Gasteiger charge is 2.34. The van der Waals surface area contributed by atoms with Gasteiger partial charge in [-0.1, -0.05) is 13.0 Å². The topological polar surface area (TPSA) is 40.5 Å². The molecule has 2 rings (SSSR count). The number of rotatable bonds is 2. The third-order valence-corrected chi connectivity index (χ3v) is 4.07. The van der Waals surface area contributed by atoms with Crippen LogP contribution in [0.5, 0.6) is 5.75 Å². The number of aryl methyl sites for hydroxylation is 1. The number of aromatic hydroxyl groups is 1. The van der Waals surface area contributed by atoms with Gasteiger partial charge in [0.2, 0.25) is 0 Å². The monoisotopic (exact) mass is 267 g/mol. The lowest BCUT2D eigenvalue weighted by molar-refractivity contribution is 0.0736. The van der Waals surface area contributed by atoms with Gasteiger partial charge < -0.3 is 10.0 Å². The van der Waals surface area contributed by atoms with Crippen molar-refractivity contribution in [3.05, 3.63) is 29.3 Å². The van der Waals surface area contributed by atoms with Crippen molar-refractivity contribution in [2.24, 2.45) is 5.92 Å². The molecule has 1 aliphatic heterocycles. The molecule has 0 aromatic heterocycles. The molecule has 1 N–H and O–H groups in total. The molecule has 0 bridgehead atoms. The van der Waals surface area contributed by atoms with E-state index in [0.717, 1.165) is 18.5 Å². The van der Waals surface area contributed by atoms with Crippen molar-refractivity contribution in [2.45, 2.75) is 26.3 Å². The van der Waals surface area contributed by atoms with Crippen molar-refractivity contribution in [2.75, 3.05) is 12.4 Å². The highest BCUT2D eigenvalue weighted by molar-refractivity contribution is 6.18. The lowest BCUT2D eigenvalue weighted by Crippen LogP contribution is -2.38. The number of nitrogens with zero attached hydrogens (tertiary/aromatic N) is 1. The number of halogens is 1. The normalized spacial score (nSPS) is 23.4. The summed E-state index contributed by atoms with van der Waals surface area (Å²) in [4.78, 5) is 14.2. The van der Waals surface area contributed by atoms with E-state index < -0.39 is 0 Å². The van der Waals surface area contributed by atoms with Crippen molar-refractivity contribution < 1.29 is 9.90 Å². The van der Waals surface area contributed by atoms with E-state index >= 15 is 0 Å². The smallest absolute Gasteiger partial charge is 0.254 e. The zero-order valence-corrected chi connectivity index (χ0v) is 11.4. The molecule has 0 aliphatic carbocycles. The van der Waals surface area contributed by atoms with E-state index in [0.29, 0.717) is 17.4 Å². The van der Waals surface area contributed by atoms with Crippen molar-refractivity contribution in [1.29, 1.82) is 0 Å². The summed E-state index contributed by atoms with van der Waals surface area (Å²) in [6.45, 7) is 4.67. The Bertz CT molecular complexity index is 461. The third-order valence-electron chi connectivity index (χ3n) is 3.76. The van der Waals surface area contributed by atoms with E-state index in [2.05, 4.69) is 6.92 Å². The van der Waals surface area contributed by atoms with Crippen LogP contribution in [-0.4, -0.2) is 34.4 Å². The molecule has 1 fully saturated rings. The van der Waals surface area contributed by atoms with E-state index in [1.807, 2.05) is 11.8 Å². The van der Waals surface area contributed by atoms with Crippen LogP contribution in [0.25, 0.3) is 0 Å². The minimum atomic E-state index is -0.0414. The van der Waals surface area contributed by atoms with E-state index in [1.54, 1.807) is 12.1 Å². The Balaban J connectivity index is 2.23. The Morgan fingerprint density at radius 1 is 1.56 bits per heavy atom. The first kappa shape index (κ1) is 13.2. The van der Waals surface area contributed by atoms with E-state index in [1.165, 1.54) is 6.07 Å². The first-order valence-electron chi connectivity index (χ1n) is 6.21. The number of phenols is 1. The summed E-state index contributed by atoms with van der Waals surface area (Å²) in [5.74, 6) is 1.02. The van der Waals surface area contributed by atoms with Crippen molar-refractivity contribution >= 4 is 17.5 Å².